The maximum atomic E-state index is 3.36. The Balaban J connectivity index is 0. The smallest absolute Gasteiger partial charge is 0.323 e. The zero-order chi connectivity index (χ0) is 14.0. The minimum Gasteiger partial charge on any atom is -0.323 e. The fourth-order valence-electron chi connectivity index (χ4n) is 1.50. The summed E-state index contributed by atoms with van der Waals surface area (Å²) in [5, 5.41) is 2.75. The van der Waals surface area contributed by atoms with Crippen LogP contribution in [-0.4, -0.2) is 14.1 Å². The van der Waals surface area contributed by atoms with Gasteiger partial charge in [0, 0.05) is 0 Å². The van der Waals surface area contributed by atoms with Crippen LogP contribution < -0.4 is 5.32 Å². The number of hydrogen-bond donors (Lipinski definition) is 1. The molecular formula is C17H25CrN. The maximum Gasteiger partial charge on any atom is 2.00 e. The first-order chi connectivity index (χ1) is 8.54. The topological polar surface area (TPSA) is 12.0 Å². The number of hydrogen-bond acceptors (Lipinski definition) is 1. The third kappa shape index (κ3) is 8.84. The van der Waals surface area contributed by atoms with E-state index in [1.54, 1.807) is 0 Å². The molecule has 0 aromatic heterocycles. The molecule has 19 heavy (non-hydrogen) atoms. The van der Waals surface area contributed by atoms with Crippen molar-refractivity contribution in [3.05, 3.63) is 59.2 Å². The van der Waals surface area contributed by atoms with E-state index in [0.29, 0.717) is 5.92 Å². The van der Waals surface area contributed by atoms with Crippen molar-refractivity contribution in [3.8, 4) is 0 Å². The Hall–Kier alpha value is -0.808. The van der Waals surface area contributed by atoms with Gasteiger partial charge in [0.2, 0.25) is 0 Å². The molecule has 0 spiro atoms. The molecule has 1 aromatic carbocycles. The first-order valence-electron chi connectivity index (χ1n) is 6.32. The van der Waals surface area contributed by atoms with E-state index in [1.807, 2.05) is 44.4 Å². The number of allylic oxidation sites excluding steroid dienone is 4. The summed E-state index contributed by atoms with van der Waals surface area (Å²) >= 11 is 0. The zero-order valence-electron chi connectivity index (χ0n) is 12.9. The molecule has 0 amide bonds. The van der Waals surface area contributed by atoms with Gasteiger partial charge in [-0.15, -0.1) is 6.92 Å². The Bertz CT molecular complexity index is 353. The third-order valence-electron chi connectivity index (χ3n) is 2.84. The maximum absolute atomic E-state index is 3.36. The zero-order valence-corrected chi connectivity index (χ0v) is 14.1. The van der Waals surface area contributed by atoms with Crippen LogP contribution in [0.25, 0.3) is 0 Å². The summed E-state index contributed by atoms with van der Waals surface area (Å²) < 4.78 is 0. The molecule has 1 atom stereocenters. The van der Waals surface area contributed by atoms with Gasteiger partial charge in [-0.3, -0.25) is 6.08 Å². The van der Waals surface area contributed by atoms with Crippen molar-refractivity contribution < 1.29 is 17.4 Å². The van der Waals surface area contributed by atoms with Crippen LogP contribution in [-0.2, 0) is 17.4 Å². The van der Waals surface area contributed by atoms with Crippen LogP contribution >= 0.6 is 0 Å². The van der Waals surface area contributed by atoms with Gasteiger partial charge in [-0.2, -0.15) is 47.5 Å². The quantitative estimate of drug-likeness (QED) is 0.712. The molecule has 0 saturated carbocycles. The van der Waals surface area contributed by atoms with Gasteiger partial charge in [0.05, 0.1) is 0 Å². The molecule has 1 N–H and O–H groups in total. The molecule has 1 aliphatic rings. The summed E-state index contributed by atoms with van der Waals surface area (Å²) in [7, 11) is 3.75. The van der Waals surface area contributed by atoms with E-state index in [9.17, 15) is 0 Å². The molecule has 1 aliphatic carbocycles. The molecule has 1 aromatic rings. The van der Waals surface area contributed by atoms with Gasteiger partial charge in [0.25, 0.3) is 0 Å². The summed E-state index contributed by atoms with van der Waals surface area (Å²) in [5.41, 5.74) is 4.25. The van der Waals surface area contributed by atoms with Crippen molar-refractivity contribution in [2.45, 2.75) is 27.7 Å². The van der Waals surface area contributed by atoms with Crippen molar-refractivity contribution in [2.24, 2.45) is 5.92 Å². The molecule has 0 saturated heterocycles. The fraction of sp³-hybridized carbons (Fsp3) is 0.412. The molecular weight excluding hydrogens is 270 g/mol. The minimum absolute atomic E-state index is 0. The van der Waals surface area contributed by atoms with E-state index < -0.39 is 0 Å². The van der Waals surface area contributed by atoms with Gasteiger partial charge >= 0.3 is 17.4 Å². The predicted octanol–water partition coefficient (Wildman–Crippen LogP) is 4.04. The molecule has 1 unspecified atom stereocenters. The molecule has 0 aliphatic heterocycles. The van der Waals surface area contributed by atoms with Gasteiger partial charge in [-0.1, -0.05) is 26.7 Å². The van der Waals surface area contributed by atoms with Crippen LogP contribution in [0.15, 0.2) is 47.1 Å². The Morgan fingerprint density at radius 2 is 1.47 bits per heavy atom. The Kier molecular flexibility index (Phi) is 13.2. The standard InChI is InChI=1S/C9H13.C6H5.C2H7N.Cr/c1-6-5-7(2)9(4)8(6)3;1-2-4-6-5-3-1;1-3-2;/h6H,1-4H3;1-5H;3H,1-2H3;/q2*-1;;+2. The van der Waals surface area contributed by atoms with Crippen molar-refractivity contribution in [2.75, 3.05) is 14.1 Å². The van der Waals surface area contributed by atoms with E-state index in [1.165, 1.54) is 16.7 Å². The van der Waals surface area contributed by atoms with Crippen LogP contribution in [0.2, 0.25) is 0 Å². The van der Waals surface area contributed by atoms with E-state index in [4.69, 9.17) is 0 Å². The third-order valence-corrected chi connectivity index (χ3v) is 2.84. The van der Waals surface area contributed by atoms with E-state index in [-0.39, 0.29) is 17.4 Å². The van der Waals surface area contributed by atoms with E-state index >= 15 is 0 Å². The summed E-state index contributed by atoms with van der Waals surface area (Å²) in [4.78, 5) is 0. The summed E-state index contributed by atoms with van der Waals surface area (Å²) in [6.45, 7) is 8.67. The second kappa shape index (κ2) is 12.2. The molecule has 0 radical (unpaired) electrons. The molecule has 2 rings (SSSR count). The van der Waals surface area contributed by atoms with Gasteiger partial charge in [0.1, 0.15) is 0 Å². The Morgan fingerprint density at radius 1 is 1.00 bits per heavy atom. The van der Waals surface area contributed by atoms with Crippen molar-refractivity contribution in [3.63, 3.8) is 0 Å². The molecule has 104 valence electrons. The van der Waals surface area contributed by atoms with Gasteiger partial charge in [-0.25, -0.2) is 5.57 Å². The monoisotopic (exact) mass is 295 g/mol. The first kappa shape index (κ1) is 20.5. The van der Waals surface area contributed by atoms with Crippen LogP contribution in [0.5, 0.6) is 0 Å². The number of rotatable bonds is 0. The first-order valence-corrected chi connectivity index (χ1v) is 6.32. The Morgan fingerprint density at radius 3 is 1.58 bits per heavy atom. The molecule has 0 bridgehead atoms. The average Bonchev–Trinajstić information content (AvgIpc) is 2.60. The minimum atomic E-state index is 0. The summed E-state index contributed by atoms with van der Waals surface area (Å²) in [6.07, 6.45) is 3.36. The van der Waals surface area contributed by atoms with E-state index in [2.05, 4.69) is 45.2 Å². The second-order valence-electron chi connectivity index (χ2n) is 4.38. The normalized spacial score (nSPS) is 16.3. The number of nitrogens with one attached hydrogen (secondary N) is 1. The largest absolute Gasteiger partial charge is 2.00 e. The molecule has 1 nitrogen and oxygen atoms in total. The fourth-order valence-corrected chi connectivity index (χ4v) is 1.50. The molecule has 0 heterocycles. The van der Waals surface area contributed by atoms with Crippen molar-refractivity contribution >= 4 is 0 Å². The molecule has 0 fully saturated rings. The van der Waals surface area contributed by atoms with Crippen LogP contribution in [0.1, 0.15) is 27.7 Å². The molecule has 2 heteroatoms. The average molecular weight is 295 g/mol. The van der Waals surface area contributed by atoms with E-state index in [0.717, 1.165) is 0 Å². The van der Waals surface area contributed by atoms with Crippen molar-refractivity contribution in [1.29, 1.82) is 0 Å². The summed E-state index contributed by atoms with van der Waals surface area (Å²) in [5.74, 6) is 0.560. The van der Waals surface area contributed by atoms with Crippen LogP contribution in [0.4, 0.5) is 0 Å². The van der Waals surface area contributed by atoms with Crippen LogP contribution in [0, 0.1) is 18.1 Å². The van der Waals surface area contributed by atoms with Gasteiger partial charge in [-0.05, 0) is 14.1 Å². The van der Waals surface area contributed by atoms with Gasteiger partial charge in [0.15, 0.2) is 0 Å². The predicted molar refractivity (Wildman–Crippen MR) is 80.2 cm³/mol. The SMILES string of the molecule is CC1=[C-]C(C)C(C)=C1C.CNC.[Cr+2].[c-]1ccccc1. The van der Waals surface area contributed by atoms with Crippen molar-refractivity contribution in [1.82, 2.24) is 5.32 Å². The van der Waals surface area contributed by atoms with Crippen LogP contribution in [0.3, 0.4) is 0 Å². The number of benzene rings is 1. The summed E-state index contributed by atoms with van der Waals surface area (Å²) in [6, 6.07) is 12.5. The Labute approximate surface area is 129 Å². The second-order valence-corrected chi connectivity index (χ2v) is 4.38. The van der Waals surface area contributed by atoms with Gasteiger partial charge < -0.3 is 5.32 Å².